The highest BCUT2D eigenvalue weighted by molar-refractivity contribution is 6.21. The predicted molar refractivity (Wildman–Crippen MR) is 91.7 cm³/mol. The van der Waals surface area contributed by atoms with Gasteiger partial charge in [0, 0.05) is 12.7 Å². The van der Waals surface area contributed by atoms with Crippen LogP contribution in [0, 0.1) is 5.41 Å². The van der Waals surface area contributed by atoms with Crippen molar-refractivity contribution in [2.45, 2.75) is 20.4 Å². The number of nitrogens with one attached hydrogen (secondary N) is 1. The minimum Gasteiger partial charge on any atom is -0.350 e. The van der Waals surface area contributed by atoms with E-state index >= 15 is 0 Å². The Morgan fingerprint density at radius 3 is 2.20 bits per heavy atom. The summed E-state index contributed by atoms with van der Waals surface area (Å²) >= 11 is 0. The fraction of sp³-hybridized carbons (Fsp3) is 0.263. The lowest BCUT2D eigenvalue weighted by atomic mass is 9.91. The van der Waals surface area contributed by atoms with Crippen molar-refractivity contribution in [3.8, 4) is 0 Å². The van der Waals surface area contributed by atoms with Crippen molar-refractivity contribution in [2.75, 3.05) is 6.54 Å². The molecule has 3 rings (SSSR count). The van der Waals surface area contributed by atoms with E-state index in [1.165, 1.54) is 0 Å². The van der Waals surface area contributed by atoms with Crippen molar-refractivity contribution in [2.24, 2.45) is 5.41 Å². The Bertz CT molecular complexity index is 796. The Balaban J connectivity index is 1.68. The lowest BCUT2D eigenvalue weighted by Gasteiger charge is -2.28. The van der Waals surface area contributed by atoms with Crippen LogP contribution in [-0.4, -0.2) is 34.2 Å². The maximum atomic E-state index is 12.5. The van der Waals surface area contributed by atoms with Gasteiger partial charge in [-0.25, -0.2) is 0 Å². The second-order valence-electron chi connectivity index (χ2n) is 6.63. The number of pyridine rings is 1. The van der Waals surface area contributed by atoms with Gasteiger partial charge < -0.3 is 5.32 Å². The number of carbonyl (C=O) groups excluding carboxylic acids is 3. The van der Waals surface area contributed by atoms with Crippen LogP contribution in [0.2, 0.25) is 0 Å². The molecule has 0 fully saturated rings. The van der Waals surface area contributed by atoms with Crippen molar-refractivity contribution in [1.82, 2.24) is 15.2 Å². The summed E-state index contributed by atoms with van der Waals surface area (Å²) in [5, 5.41) is 2.81. The molecule has 0 saturated heterocycles. The molecular formula is C19H19N3O3. The first-order valence-electron chi connectivity index (χ1n) is 8.03. The molecule has 1 aromatic heterocycles. The van der Waals surface area contributed by atoms with Gasteiger partial charge in [0.1, 0.15) is 0 Å². The second-order valence-corrected chi connectivity index (χ2v) is 6.63. The predicted octanol–water partition coefficient (Wildman–Crippen LogP) is 2.02. The van der Waals surface area contributed by atoms with Crippen LogP contribution >= 0.6 is 0 Å². The number of benzene rings is 1. The number of nitrogens with zero attached hydrogens (tertiary/aromatic N) is 2. The molecular weight excluding hydrogens is 318 g/mol. The van der Waals surface area contributed by atoms with Gasteiger partial charge in [0.15, 0.2) is 0 Å². The van der Waals surface area contributed by atoms with Crippen LogP contribution in [0.5, 0.6) is 0 Å². The minimum atomic E-state index is -0.915. The van der Waals surface area contributed by atoms with Gasteiger partial charge in [0.25, 0.3) is 11.8 Å². The van der Waals surface area contributed by atoms with Gasteiger partial charge in [0.05, 0.1) is 28.8 Å². The highest BCUT2D eigenvalue weighted by Gasteiger charge is 2.40. The van der Waals surface area contributed by atoms with Gasteiger partial charge in [0.2, 0.25) is 5.91 Å². The van der Waals surface area contributed by atoms with Crippen molar-refractivity contribution < 1.29 is 14.4 Å². The lowest BCUT2D eigenvalue weighted by molar-refractivity contribution is -0.129. The smallest absolute Gasteiger partial charge is 0.261 e. The van der Waals surface area contributed by atoms with E-state index in [2.05, 4.69) is 10.3 Å². The van der Waals surface area contributed by atoms with Crippen LogP contribution in [0.15, 0.2) is 48.7 Å². The standard InChI is InChI=1S/C19H19N3O3/c1-19(2,18(25)21-11-13-7-5-6-10-20-13)12-22-16(23)14-8-3-4-9-15(14)17(22)24/h3-10H,11-12H2,1-2H3,(H,21,25). The molecule has 0 bridgehead atoms. The molecule has 2 heterocycles. The number of fused-ring (bicyclic) bond motifs is 1. The van der Waals surface area contributed by atoms with E-state index in [9.17, 15) is 14.4 Å². The molecule has 0 aliphatic carbocycles. The van der Waals surface area contributed by atoms with E-state index in [1.807, 2.05) is 12.1 Å². The van der Waals surface area contributed by atoms with E-state index in [0.29, 0.717) is 17.7 Å². The van der Waals surface area contributed by atoms with Gasteiger partial charge in [-0.1, -0.05) is 18.2 Å². The maximum absolute atomic E-state index is 12.5. The van der Waals surface area contributed by atoms with Gasteiger partial charge in [-0.3, -0.25) is 24.3 Å². The molecule has 1 aliphatic rings. The average molecular weight is 337 g/mol. The molecule has 1 N–H and O–H groups in total. The lowest BCUT2D eigenvalue weighted by Crippen LogP contribution is -2.46. The largest absolute Gasteiger partial charge is 0.350 e. The van der Waals surface area contributed by atoms with Gasteiger partial charge >= 0.3 is 0 Å². The molecule has 0 spiro atoms. The van der Waals surface area contributed by atoms with Crippen molar-refractivity contribution in [3.63, 3.8) is 0 Å². The molecule has 0 atom stereocenters. The first-order valence-corrected chi connectivity index (χ1v) is 8.03. The molecule has 2 aromatic rings. The molecule has 0 saturated carbocycles. The second kappa shape index (κ2) is 6.47. The summed E-state index contributed by atoms with van der Waals surface area (Å²) in [4.78, 5) is 42.7. The monoisotopic (exact) mass is 337 g/mol. The Morgan fingerprint density at radius 1 is 1.04 bits per heavy atom. The fourth-order valence-corrected chi connectivity index (χ4v) is 2.76. The molecule has 1 aliphatic heterocycles. The van der Waals surface area contributed by atoms with Crippen LogP contribution in [0.1, 0.15) is 40.3 Å². The highest BCUT2D eigenvalue weighted by Crippen LogP contribution is 2.27. The van der Waals surface area contributed by atoms with E-state index in [-0.39, 0.29) is 24.3 Å². The molecule has 0 unspecified atom stereocenters. The van der Waals surface area contributed by atoms with E-state index in [0.717, 1.165) is 10.6 Å². The van der Waals surface area contributed by atoms with E-state index in [1.54, 1.807) is 50.4 Å². The fourth-order valence-electron chi connectivity index (χ4n) is 2.76. The summed E-state index contributed by atoms with van der Waals surface area (Å²) in [7, 11) is 0. The van der Waals surface area contributed by atoms with Gasteiger partial charge in [-0.15, -0.1) is 0 Å². The van der Waals surface area contributed by atoms with Crippen molar-refractivity contribution >= 4 is 17.7 Å². The quantitative estimate of drug-likeness (QED) is 0.847. The number of amides is 3. The summed E-state index contributed by atoms with van der Waals surface area (Å²) in [5.41, 5.74) is 0.601. The van der Waals surface area contributed by atoms with Crippen LogP contribution < -0.4 is 5.32 Å². The number of carbonyl (C=O) groups is 3. The Morgan fingerprint density at radius 2 is 1.64 bits per heavy atom. The molecule has 0 radical (unpaired) electrons. The van der Waals surface area contributed by atoms with Crippen molar-refractivity contribution in [1.29, 1.82) is 0 Å². The third kappa shape index (κ3) is 3.28. The zero-order valence-electron chi connectivity index (χ0n) is 14.2. The van der Waals surface area contributed by atoms with Gasteiger partial charge in [-0.05, 0) is 38.1 Å². The number of hydrogen-bond donors (Lipinski definition) is 1. The first kappa shape index (κ1) is 16.8. The molecule has 6 heteroatoms. The number of rotatable bonds is 5. The average Bonchev–Trinajstić information content (AvgIpc) is 2.85. The van der Waals surface area contributed by atoms with E-state index in [4.69, 9.17) is 0 Å². The van der Waals surface area contributed by atoms with Crippen LogP contribution in [0.25, 0.3) is 0 Å². The summed E-state index contributed by atoms with van der Waals surface area (Å²) in [6.07, 6.45) is 1.66. The summed E-state index contributed by atoms with van der Waals surface area (Å²) in [5.74, 6) is -0.952. The highest BCUT2D eigenvalue weighted by atomic mass is 16.2. The molecule has 25 heavy (non-hydrogen) atoms. The van der Waals surface area contributed by atoms with Crippen LogP contribution in [-0.2, 0) is 11.3 Å². The summed E-state index contributed by atoms with van der Waals surface area (Å²) in [6.45, 7) is 3.74. The third-order valence-corrected chi connectivity index (χ3v) is 4.20. The number of aromatic nitrogens is 1. The Kier molecular flexibility index (Phi) is 4.35. The normalized spacial score (nSPS) is 13.8. The number of hydrogen-bond acceptors (Lipinski definition) is 4. The topological polar surface area (TPSA) is 79.4 Å². The molecule has 1 aromatic carbocycles. The molecule has 128 valence electrons. The van der Waals surface area contributed by atoms with E-state index < -0.39 is 5.41 Å². The van der Waals surface area contributed by atoms with Crippen molar-refractivity contribution in [3.05, 3.63) is 65.5 Å². The Hall–Kier alpha value is -3.02. The zero-order valence-corrected chi connectivity index (χ0v) is 14.2. The summed E-state index contributed by atoms with van der Waals surface area (Å²) < 4.78 is 0. The van der Waals surface area contributed by atoms with Crippen LogP contribution in [0.4, 0.5) is 0 Å². The number of imide groups is 1. The molecule has 3 amide bonds. The first-order chi connectivity index (χ1) is 11.9. The molecule has 6 nitrogen and oxygen atoms in total. The zero-order chi connectivity index (χ0) is 18.0. The SMILES string of the molecule is CC(C)(CN1C(=O)c2ccccc2C1=O)C(=O)NCc1ccccn1. The maximum Gasteiger partial charge on any atom is 0.261 e. The summed E-state index contributed by atoms with van der Waals surface area (Å²) in [6, 6.07) is 12.2. The van der Waals surface area contributed by atoms with Gasteiger partial charge in [-0.2, -0.15) is 0 Å². The third-order valence-electron chi connectivity index (χ3n) is 4.20. The Labute approximate surface area is 145 Å². The minimum absolute atomic E-state index is 0.0212. The van der Waals surface area contributed by atoms with Crippen LogP contribution in [0.3, 0.4) is 0 Å².